The summed E-state index contributed by atoms with van der Waals surface area (Å²) in [6.07, 6.45) is 1.68. The van der Waals surface area contributed by atoms with Crippen LogP contribution < -0.4 is 10.2 Å². The van der Waals surface area contributed by atoms with Crippen LogP contribution in [0.15, 0.2) is 60.8 Å². The summed E-state index contributed by atoms with van der Waals surface area (Å²) in [5.41, 5.74) is 3.25. The van der Waals surface area contributed by atoms with Gasteiger partial charge >= 0.3 is 5.97 Å². The van der Waals surface area contributed by atoms with Gasteiger partial charge in [0.15, 0.2) is 0 Å². The maximum Gasteiger partial charge on any atom is 0.337 e. The fourth-order valence-electron chi connectivity index (χ4n) is 2.98. The van der Waals surface area contributed by atoms with Gasteiger partial charge in [0.1, 0.15) is 5.82 Å². The third-order valence-corrected chi connectivity index (χ3v) is 4.21. The molecule has 0 aliphatic carbocycles. The number of aromatic carboxylic acids is 1. The number of rotatable bonds is 4. The van der Waals surface area contributed by atoms with E-state index in [-0.39, 0.29) is 5.56 Å². The van der Waals surface area contributed by atoms with Gasteiger partial charge in [0, 0.05) is 19.3 Å². The Morgan fingerprint density at radius 1 is 1.00 bits per heavy atom. The van der Waals surface area contributed by atoms with Crippen LogP contribution in [0.4, 0.5) is 17.5 Å². The monoisotopic (exact) mass is 332 g/mol. The van der Waals surface area contributed by atoms with Crippen molar-refractivity contribution in [2.75, 3.05) is 10.2 Å². The molecule has 0 spiro atoms. The minimum absolute atomic E-state index is 0.185. The van der Waals surface area contributed by atoms with Crippen molar-refractivity contribution in [3.05, 3.63) is 77.5 Å². The van der Waals surface area contributed by atoms with Gasteiger partial charge in [-0.15, -0.1) is 0 Å². The molecule has 25 heavy (non-hydrogen) atoms. The second-order valence-corrected chi connectivity index (χ2v) is 5.84. The molecule has 3 aromatic rings. The number of nitrogens with zero attached hydrogens (tertiary/aromatic N) is 3. The number of para-hydroxylation sites is 1. The number of anilines is 3. The maximum atomic E-state index is 11.3. The van der Waals surface area contributed by atoms with E-state index in [2.05, 4.69) is 32.3 Å². The third-order valence-electron chi connectivity index (χ3n) is 4.21. The Morgan fingerprint density at radius 3 is 2.40 bits per heavy atom. The Hall–Kier alpha value is -3.41. The minimum Gasteiger partial charge on any atom is -0.478 e. The molecular formula is C19H16N4O2. The molecule has 0 radical (unpaired) electrons. The largest absolute Gasteiger partial charge is 0.478 e. The van der Waals surface area contributed by atoms with Gasteiger partial charge in [-0.2, -0.15) is 4.98 Å². The Bertz CT molecular complexity index is 917. The molecule has 1 aliphatic heterocycles. The first-order chi connectivity index (χ1) is 12.2. The number of carbonyl (C=O) groups is 1. The molecule has 0 atom stereocenters. The highest BCUT2D eigenvalue weighted by Gasteiger charge is 2.20. The van der Waals surface area contributed by atoms with Crippen LogP contribution in [0, 0.1) is 0 Å². The third kappa shape index (κ3) is 3.01. The van der Waals surface area contributed by atoms with E-state index in [1.165, 1.54) is 11.1 Å². The predicted molar refractivity (Wildman–Crippen MR) is 95.0 cm³/mol. The highest BCUT2D eigenvalue weighted by molar-refractivity contribution is 5.94. The van der Waals surface area contributed by atoms with Crippen molar-refractivity contribution in [3.8, 4) is 0 Å². The SMILES string of the molecule is O=C(O)c1ccccc1Nc1nccc(N2Cc3ccccc3C2)n1. The number of hydrogen-bond donors (Lipinski definition) is 2. The summed E-state index contributed by atoms with van der Waals surface area (Å²) in [5, 5.41) is 12.3. The highest BCUT2D eigenvalue weighted by Crippen LogP contribution is 2.27. The molecule has 4 rings (SSSR count). The van der Waals surface area contributed by atoms with Gasteiger partial charge < -0.3 is 15.3 Å². The summed E-state index contributed by atoms with van der Waals surface area (Å²) < 4.78 is 0. The van der Waals surface area contributed by atoms with E-state index in [4.69, 9.17) is 0 Å². The normalized spacial score (nSPS) is 12.7. The fraction of sp³-hybridized carbons (Fsp3) is 0.105. The van der Waals surface area contributed by atoms with E-state index in [9.17, 15) is 9.90 Å². The van der Waals surface area contributed by atoms with E-state index in [1.807, 2.05) is 18.2 Å². The van der Waals surface area contributed by atoms with Gasteiger partial charge in [0.05, 0.1) is 11.3 Å². The van der Waals surface area contributed by atoms with Crippen molar-refractivity contribution >= 4 is 23.4 Å². The molecule has 2 aromatic carbocycles. The lowest BCUT2D eigenvalue weighted by Gasteiger charge is -2.17. The molecule has 2 N–H and O–H groups in total. The first-order valence-electron chi connectivity index (χ1n) is 7.95. The van der Waals surface area contributed by atoms with Crippen LogP contribution in [-0.2, 0) is 13.1 Å². The van der Waals surface area contributed by atoms with Crippen molar-refractivity contribution in [2.24, 2.45) is 0 Å². The summed E-state index contributed by atoms with van der Waals surface area (Å²) >= 11 is 0. The number of carboxylic acids is 1. The molecular weight excluding hydrogens is 316 g/mol. The van der Waals surface area contributed by atoms with Crippen LogP contribution >= 0.6 is 0 Å². The van der Waals surface area contributed by atoms with Crippen molar-refractivity contribution < 1.29 is 9.90 Å². The first-order valence-corrected chi connectivity index (χ1v) is 7.95. The lowest BCUT2D eigenvalue weighted by atomic mass is 10.1. The Labute approximate surface area is 144 Å². The standard InChI is InChI=1S/C19H16N4O2/c24-18(25)15-7-3-4-8-16(15)21-19-20-10-9-17(22-19)23-11-13-5-1-2-6-14(13)12-23/h1-10H,11-12H2,(H,24,25)(H,20,21,22). The highest BCUT2D eigenvalue weighted by atomic mass is 16.4. The van der Waals surface area contributed by atoms with E-state index in [0.717, 1.165) is 18.9 Å². The molecule has 0 unspecified atom stereocenters. The summed E-state index contributed by atoms with van der Waals surface area (Å²) in [6.45, 7) is 1.61. The fourth-order valence-corrected chi connectivity index (χ4v) is 2.98. The number of aromatic nitrogens is 2. The average Bonchev–Trinajstić information content (AvgIpc) is 3.06. The topological polar surface area (TPSA) is 78.3 Å². The van der Waals surface area contributed by atoms with Crippen molar-refractivity contribution in [3.63, 3.8) is 0 Å². The average molecular weight is 332 g/mol. The molecule has 0 saturated carbocycles. The van der Waals surface area contributed by atoms with Crippen molar-refractivity contribution in [2.45, 2.75) is 13.1 Å². The van der Waals surface area contributed by atoms with E-state index < -0.39 is 5.97 Å². The Kier molecular flexibility index (Phi) is 3.78. The number of benzene rings is 2. The van der Waals surface area contributed by atoms with Crippen LogP contribution in [0.3, 0.4) is 0 Å². The molecule has 1 aliphatic rings. The second-order valence-electron chi connectivity index (χ2n) is 5.84. The summed E-state index contributed by atoms with van der Waals surface area (Å²) in [4.78, 5) is 22.3. The van der Waals surface area contributed by atoms with E-state index in [1.54, 1.807) is 30.5 Å². The number of hydrogen-bond acceptors (Lipinski definition) is 5. The summed E-state index contributed by atoms with van der Waals surface area (Å²) in [5.74, 6) is 0.193. The van der Waals surface area contributed by atoms with Gasteiger partial charge in [-0.3, -0.25) is 0 Å². The predicted octanol–water partition coefficient (Wildman–Crippen LogP) is 3.44. The number of nitrogens with one attached hydrogen (secondary N) is 1. The molecule has 124 valence electrons. The smallest absolute Gasteiger partial charge is 0.337 e. The molecule has 2 heterocycles. The van der Waals surface area contributed by atoms with Crippen molar-refractivity contribution in [1.29, 1.82) is 0 Å². The second kappa shape index (κ2) is 6.24. The Morgan fingerprint density at radius 2 is 1.68 bits per heavy atom. The lowest BCUT2D eigenvalue weighted by Crippen LogP contribution is -2.16. The lowest BCUT2D eigenvalue weighted by molar-refractivity contribution is 0.0698. The van der Waals surface area contributed by atoms with Gasteiger partial charge in [-0.05, 0) is 29.3 Å². The molecule has 6 heteroatoms. The molecule has 0 amide bonds. The van der Waals surface area contributed by atoms with Crippen LogP contribution in [0.5, 0.6) is 0 Å². The zero-order valence-electron chi connectivity index (χ0n) is 13.4. The molecule has 6 nitrogen and oxygen atoms in total. The maximum absolute atomic E-state index is 11.3. The van der Waals surface area contributed by atoms with Gasteiger partial charge in [-0.25, -0.2) is 9.78 Å². The Balaban J connectivity index is 1.58. The van der Waals surface area contributed by atoms with E-state index in [0.29, 0.717) is 11.6 Å². The molecule has 0 saturated heterocycles. The minimum atomic E-state index is -0.991. The van der Waals surface area contributed by atoms with Crippen LogP contribution in [0.25, 0.3) is 0 Å². The molecule has 0 fully saturated rings. The van der Waals surface area contributed by atoms with Crippen molar-refractivity contribution in [1.82, 2.24) is 9.97 Å². The van der Waals surface area contributed by atoms with Crippen LogP contribution in [0.1, 0.15) is 21.5 Å². The first kappa shape index (κ1) is 15.1. The number of carboxylic acid groups (broad SMARTS) is 1. The van der Waals surface area contributed by atoms with Gasteiger partial charge in [0.25, 0.3) is 0 Å². The van der Waals surface area contributed by atoms with Gasteiger partial charge in [-0.1, -0.05) is 36.4 Å². The zero-order valence-corrected chi connectivity index (χ0v) is 13.4. The summed E-state index contributed by atoms with van der Waals surface area (Å²) in [6, 6.07) is 16.9. The van der Waals surface area contributed by atoms with E-state index >= 15 is 0 Å². The van der Waals surface area contributed by atoms with Crippen LogP contribution in [0.2, 0.25) is 0 Å². The van der Waals surface area contributed by atoms with Gasteiger partial charge in [0.2, 0.25) is 5.95 Å². The summed E-state index contributed by atoms with van der Waals surface area (Å²) in [7, 11) is 0. The quantitative estimate of drug-likeness (QED) is 0.762. The molecule has 0 bridgehead atoms. The van der Waals surface area contributed by atoms with Crippen LogP contribution in [-0.4, -0.2) is 21.0 Å². The number of fused-ring (bicyclic) bond motifs is 1. The zero-order chi connectivity index (χ0) is 17.2. The molecule has 1 aromatic heterocycles.